The molecule has 26 heavy (non-hydrogen) atoms. The van der Waals surface area contributed by atoms with Gasteiger partial charge in [-0.2, -0.15) is 0 Å². The highest BCUT2D eigenvalue weighted by Crippen LogP contribution is 2.20. The fourth-order valence-corrected chi connectivity index (χ4v) is 2.99. The fourth-order valence-electron chi connectivity index (χ4n) is 2.99. The number of hydrogen-bond donors (Lipinski definition) is 1. The molecule has 2 aromatic carbocycles. The second-order valence-corrected chi connectivity index (χ2v) is 6.81. The summed E-state index contributed by atoms with van der Waals surface area (Å²) in [5.74, 6) is -0.431. The van der Waals surface area contributed by atoms with E-state index in [0.29, 0.717) is 19.7 Å². The fraction of sp³-hybridized carbons (Fsp3) is 0.409. The van der Waals surface area contributed by atoms with Crippen molar-refractivity contribution in [2.75, 3.05) is 6.61 Å². The summed E-state index contributed by atoms with van der Waals surface area (Å²) < 4.78 is 5.29. The van der Waals surface area contributed by atoms with Crippen LogP contribution in [0, 0.1) is 5.92 Å². The molecule has 4 heteroatoms. The van der Waals surface area contributed by atoms with E-state index in [1.807, 2.05) is 79.4 Å². The van der Waals surface area contributed by atoms with Gasteiger partial charge in [0.2, 0.25) is 0 Å². The van der Waals surface area contributed by atoms with Gasteiger partial charge >= 0.3 is 5.97 Å². The van der Waals surface area contributed by atoms with Gasteiger partial charge in [-0.1, -0.05) is 74.5 Å². The molecule has 0 aromatic heterocycles. The van der Waals surface area contributed by atoms with Gasteiger partial charge in [-0.25, -0.2) is 0 Å². The molecular weight excluding hydrogens is 326 g/mol. The van der Waals surface area contributed by atoms with Crippen LogP contribution in [-0.2, 0) is 22.6 Å². The lowest BCUT2D eigenvalue weighted by atomic mass is 9.97. The zero-order valence-electron chi connectivity index (χ0n) is 15.8. The lowest BCUT2D eigenvalue weighted by Crippen LogP contribution is -2.51. The maximum Gasteiger partial charge on any atom is 0.326 e. The van der Waals surface area contributed by atoms with Crippen LogP contribution in [0.5, 0.6) is 0 Å². The molecule has 0 aliphatic heterocycles. The van der Waals surface area contributed by atoms with Gasteiger partial charge in [0.05, 0.1) is 12.7 Å². The van der Waals surface area contributed by atoms with Crippen molar-refractivity contribution in [3.05, 3.63) is 71.8 Å². The normalized spacial score (nSPS) is 13.6. The Hall–Kier alpha value is -2.17. The quantitative estimate of drug-likeness (QED) is 0.698. The van der Waals surface area contributed by atoms with E-state index in [-0.39, 0.29) is 11.9 Å². The van der Waals surface area contributed by atoms with Crippen molar-refractivity contribution < 1.29 is 14.6 Å². The third kappa shape index (κ3) is 5.68. The Bertz CT molecular complexity index is 616. The van der Waals surface area contributed by atoms with Gasteiger partial charge in [-0.15, -0.1) is 0 Å². The second kappa shape index (κ2) is 10.1. The third-order valence-electron chi connectivity index (χ3n) is 4.38. The number of hydrogen-bond acceptors (Lipinski definition) is 4. The Kier molecular flexibility index (Phi) is 7.82. The molecule has 0 radical (unpaired) electrons. The number of esters is 1. The predicted molar refractivity (Wildman–Crippen MR) is 103 cm³/mol. The van der Waals surface area contributed by atoms with E-state index in [2.05, 4.69) is 0 Å². The van der Waals surface area contributed by atoms with E-state index in [1.54, 1.807) is 6.92 Å². The van der Waals surface area contributed by atoms with E-state index >= 15 is 0 Å². The summed E-state index contributed by atoms with van der Waals surface area (Å²) in [7, 11) is 0. The lowest BCUT2D eigenvalue weighted by Gasteiger charge is -2.34. The number of carbonyl (C=O) groups is 1. The molecule has 2 atom stereocenters. The number of aliphatic hydroxyl groups excluding tert-OH is 1. The summed E-state index contributed by atoms with van der Waals surface area (Å²) in [6.07, 6.45) is -0.804. The Balaban J connectivity index is 2.34. The van der Waals surface area contributed by atoms with Gasteiger partial charge in [-0.05, 0) is 24.0 Å². The van der Waals surface area contributed by atoms with Crippen LogP contribution < -0.4 is 0 Å². The average molecular weight is 355 g/mol. The highest BCUT2D eigenvalue weighted by atomic mass is 16.5. The molecule has 0 fully saturated rings. The van der Waals surface area contributed by atoms with Crippen molar-refractivity contribution in [3.8, 4) is 0 Å². The number of rotatable bonds is 9. The minimum Gasteiger partial charge on any atom is -0.465 e. The average Bonchev–Trinajstić information content (AvgIpc) is 2.63. The number of nitrogens with zero attached hydrogens (tertiary/aromatic N) is 1. The number of ether oxygens (including phenoxy) is 1. The Morgan fingerprint density at radius 2 is 1.42 bits per heavy atom. The Morgan fingerprint density at radius 1 is 0.962 bits per heavy atom. The molecule has 0 bridgehead atoms. The molecule has 0 aliphatic carbocycles. The molecule has 0 amide bonds. The third-order valence-corrected chi connectivity index (χ3v) is 4.38. The van der Waals surface area contributed by atoms with Crippen molar-refractivity contribution in [2.45, 2.75) is 46.0 Å². The molecule has 0 aliphatic rings. The van der Waals surface area contributed by atoms with Crippen LogP contribution in [0.25, 0.3) is 0 Å². The zero-order valence-corrected chi connectivity index (χ0v) is 15.8. The number of benzene rings is 2. The van der Waals surface area contributed by atoms with E-state index in [4.69, 9.17) is 4.74 Å². The molecule has 0 unspecified atom stereocenters. The molecule has 0 saturated carbocycles. The van der Waals surface area contributed by atoms with E-state index in [1.165, 1.54) is 0 Å². The smallest absolute Gasteiger partial charge is 0.326 e. The Labute approximate surface area is 156 Å². The second-order valence-electron chi connectivity index (χ2n) is 6.81. The first-order valence-electron chi connectivity index (χ1n) is 9.19. The van der Waals surface area contributed by atoms with Gasteiger partial charge in [0.1, 0.15) is 6.04 Å². The standard InChI is InChI=1S/C22H29NO3/c1-4-26-22(25)20(21(24)17(2)3)23(15-18-11-7-5-8-12-18)16-19-13-9-6-10-14-19/h5-14,17,20-21,24H,4,15-16H2,1-3H3/t20-,21+/m0/s1. The number of aliphatic hydroxyl groups is 1. The van der Waals surface area contributed by atoms with Gasteiger partial charge in [0, 0.05) is 13.1 Å². The van der Waals surface area contributed by atoms with Gasteiger partial charge in [0.25, 0.3) is 0 Å². The molecule has 0 saturated heterocycles. The van der Waals surface area contributed by atoms with Crippen molar-refractivity contribution in [1.29, 1.82) is 0 Å². The summed E-state index contributed by atoms with van der Waals surface area (Å²) in [5.41, 5.74) is 2.18. The molecule has 2 rings (SSSR count). The van der Waals surface area contributed by atoms with Crippen LogP contribution >= 0.6 is 0 Å². The summed E-state index contributed by atoms with van der Waals surface area (Å²) in [6.45, 7) is 7.03. The summed E-state index contributed by atoms with van der Waals surface area (Å²) in [5, 5.41) is 10.8. The molecule has 0 heterocycles. The molecule has 0 spiro atoms. The van der Waals surface area contributed by atoms with Crippen LogP contribution in [0.15, 0.2) is 60.7 Å². The van der Waals surface area contributed by atoms with Gasteiger partial charge < -0.3 is 9.84 Å². The van der Waals surface area contributed by atoms with Crippen LogP contribution in [-0.4, -0.2) is 34.7 Å². The highest BCUT2D eigenvalue weighted by Gasteiger charge is 2.35. The SMILES string of the molecule is CCOC(=O)[C@H]([C@H](O)C(C)C)N(Cc1ccccc1)Cc1ccccc1. The maximum atomic E-state index is 12.7. The van der Waals surface area contributed by atoms with E-state index in [9.17, 15) is 9.90 Å². The van der Waals surface area contributed by atoms with Crippen LogP contribution in [0.1, 0.15) is 31.9 Å². The Morgan fingerprint density at radius 3 is 1.81 bits per heavy atom. The largest absolute Gasteiger partial charge is 0.465 e. The zero-order chi connectivity index (χ0) is 18.9. The minimum atomic E-state index is -0.804. The summed E-state index contributed by atoms with van der Waals surface area (Å²) in [6, 6.07) is 19.3. The van der Waals surface area contributed by atoms with Crippen molar-refractivity contribution in [2.24, 2.45) is 5.92 Å². The molecule has 1 N–H and O–H groups in total. The first-order valence-corrected chi connectivity index (χ1v) is 9.19. The highest BCUT2D eigenvalue weighted by molar-refractivity contribution is 5.76. The van der Waals surface area contributed by atoms with Crippen molar-refractivity contribution >= 4 is 5.97 Å². The molecule has 140 valence electrons. The predicted octanol–water partition coefficient (Wildman–Crippen LogP) is 3.64. The number of carbonyl (C=O) groups excluding carboxylic acids is 1. The van der Waals surface area contributed by atoms with Crippen LogP contribution in [0.3, 0.4) is 0 Å². The van der Waals surface area contributed by atoms with E-state index < -0.39 is 12.1 Å². The monoisotopic (exact) mass is 355 g/mol. The van der Waals surface area contributed by atoms with Crippen molar-refractivity contribution in [1.82, 2.24) is 4.90 Å². The van der Waals surface area contributed by atoms with Gasteiger partial charge in [-0.3, -0.25) is 9.69 Å². The summed E-state index contributed by atoms with van der Waals surface area (Å²) in [4.78, 5) is 14.7. The lowest BCUT2D eigenvalue weighted by molar-refractivity contribution is -0.156. The van der Waals surface area contributed by atoms with Crippen LogP contribution in [0.2, 0.25) is 0 Å². The summed E-state index contributed by atoms with van der Waals surface area (Å²) >= 11 is 0. The van der Waals surface area contributed by atoms with Gasteiger partial charge in [0.15, 0.2) is 0 Å². The minimum absolute atomic E-state index is 0.0570. The molecular formula is C22H29NO3. The first-order chi connectivity index (χ1) is 12.5. The van der Waals surface area contributed by atoms with Crippen LogP contribution in [0.4, 0.5) is 0 Å². The maximum absolute atomic E-state index is 12.7. The molecule has 2 aromatic rings. The topological polar surface area (TPSA) is 49.8 Å². The van der Waals surface area contributed by atoms with E-state index in [0.717, 1.165) is 11.1 Å². The first kappa shape index (κ1) is 20.1. The van der Waals surface area contributed by atoms with Crippen molar-refractivity contribution in [3.63, 3.8) is 0 Å². The molecule has 4 nitrogen and oxygen atoms in total.